The lowest BCUT2D eigenvalue weighted by Gasteiger charge is -2.13. The van der Waals surface area contributed by atoms with Gasteiger partial charge in [-0.25, -0.2) is 0 Å². The molecule has 16 heavy (non-hydrogen) atoms. The molecule has 1 heterocycles. The van der Waals surface area contributed by atoms with E-state index in [1.54, 1.807) is 7.11 Å². The molecule has 0 amide bonds. The number of rotatable bonds is 2. The van der Waals surface area contributed by atoms with Crippen LogP contribution >= 0.6 is 15.9 Å². The van der Waals surface area contributed by atoms with Crippen molar-refractivity contribution in [2.45, 2.75) is 12.8 Å². The zero-order valence-corrected chi connectivity index (χ0v) is 10.5. The smallest absolute Gasteiger partial charge is 0.128 e. The topological polar surface area (TPSA) is 60.0 Å². The predicted octanol–water partition coefficient (Wildman–Crippen LogP) is 2.31. The number of hydrogen-bond acceptors (Lipinski definition) is 4. The molecule has 0 fully saturated rings. The summed E-state index contributed by atoms with van der Waals surface area (Å²) in [5.74, 6) is 1.38. The highest BCUT2D eigenvalue weighted by Crippen LogP contribution is 2.26. The summed E-state index contributed by atoms with van der Waals surface area (Å²) >= 11 is 3.43. The van der Waals surface area contributed by atoms with Crippen molar-refractivity contribution in [2.75, 3.05) is 7.11 Å². The van der Waals surface area contributed by atoms with E-state index < -0.39 is 0 Å². The molecule has 84 valence electrons. The first-order valence-corrected chi connectivity index (χ1v) is 5.73. The summed E-state index contributed by atoms with van der Waals surface area (Å²) in [4.78, 5) is 0. The van der Waals surface area contributed by atoms with Gasteiger partial charge in [0, 0.05) is 16.5 Å². The molecule has 1 aromatic rings. The largest absolute Gasteiger partial charge is 0.496 e. The van der Waals surface area contributed by atoms with Crippen molar-refractivity contribution in [3.05, 3.63) is 28.2 Å². The molecule has 0 aromatic heterocycles. The van der Waals surface area contributed by atoms with Gasteiger partial charge in [0.2, 0.25) is 0 Å². The van der Waals surface area contributed by atoms with Crippen LogP contribution in [0, 0.1) is 0 Å². The zero-order chi connectivity index (χ0) is 11.5. The van der Waals surface area contributed by atoms with Gasteiger partial charge in [0.15, 0.2) is 0 Å². The molecule has 0 radical (unpaired) electrons. The standard InChI is InChI=1S/C11H12BrN3O/c1-16-10-4-2-7(12)6-8(10)9-3-5-11(13)15-14-9/h2,4,6H,3,5H2,1H3,(H2,13,15). The Morgan fingerprint density at radius 3 is 2.75 bits per heavy atom. The van der Waals surface area contributed by atoms with Crippen molar-refractivity contribution >= 4 is 27.5 Å². The summed E-state index contributed by atoms with van der Waals surface area (Å²) in [5, 5.41) is 8.01. The van der Waals surface area contributed by atoms with Gasteiger partial charge in [-0.15, -0.1) is 5.10 Å². The Labute approximate surface area is 102 Å². The van der Waals surface area contributed by atoms with E-state index in [0.717, 1.165) is 34.3 Å². The van der Waals surface area contributed by atoms with Gasteiger partial charge < -0.3 is 10.5 Å². The third kappa shape index (κ3) is 2.24. The fourth-order valence-electron chi connectivity index (χ4n) is 1.57. The number of halogens is 1. The molecule has 1 aliphatic rings. The fourth-order valence-corrected chi connectivity index (χ4v) is 1.93. The molecule has 0 saturated heterocycles. The Balaban J connectivity index is 2.43. The zero-order valence-electron chi connectivity index (χ0n) is 8.90. The second-order valence-electron chi connectivity index (χ2n) is 3.48. The number of hydrogen-bond donors (Lipinski definition) is 1. The van der Waals surface area contributed by atoms with Crippen molar-refractivity contribution in [1.29, 1.82) is 0 Å². The van der Waals surface area contributed by atoms with Gasteiger partial charge in [0.25, 0.3) is 0 Å². The van der Waals surface area contributed by atoms with Crippen LogP contribution in [0.25, 0.3) is 0 Å². The van der Waals surface area contributed by atoms with Gasteiger partial charge in [-0.2, -0.15) is 5.10 Å². The monoisotopic (exact) mass is 281 g/mol. The number of methoxy groups -OCH3 is 1. The van der Waals surface area contributed by atoms with Crippen molar-refractivity contribution in [2.24, 2.45) is 15.9 Å². The van der Waals surface area contributed by atoms with Crippen LogP contribution in [-0.2, 0) is 0 Å². The minimum atomic E-state index is 0.581. The van der Waals surface area contributed by atoms with E-state index >= 15 is 0 Å². The third-order valence-corrected chi connectivity index (χ3v) is 2.88. The number of nitrogens with zero attached hydrogens (tertiary/aromatic N) is 2. The van der Waals surface area contributed by atoms with Gasteiger partial charge in [-0.1, -0.05) is 15.9 Å². The van der Waals surface area contributed by atoms with E-state index in [2.05, 4.69) is 26.1 Å². The molecule has 0 saturated carbocycles. The molecular formula is C11H12BrN3O. The lowest BCUT2D eigenvalue weighted by molar-refractivity contribution is 0.413. The van der Waals surface area contributed by atoms with Gasteiger partial charge >= 0.3 is 0 Å². The summed E-state index contributed by atoms with van der Waals surface area (Å²) < 4.78 is 6.29. The van der Waals surface area contributed by atoms with E-state index in [-0.39, 0.29) is 0 Å². The van der Waals surface area contributed by atoms with Gasteiger partial charge in [-0.3, -0.25) is 0 Å². The number of amidine groups is 1. The van der Waals surface area contributed by atoms with Crippen LogP contribution in [0.5, 0.6) is 5.75 Å². The molecule has 0 bridgehead atoms. The molecule has 5 heteroatoms. The Morgan fingerprint density at radius 1 is 1.31 bits per heavy atom. The Hall–Kier alpha value is -1.36. The van der Waals surface area contributed by atoms with Crippen molar-refractivity contribution < 1.29 is 4.74 Å². The second-order valence-corrected chi connectivity index (χ2v) is 4.40. The summed E-state index contributed by atoms with van der Waals surface area (Å²) in [6.07, 6.45) is 1.54. The molecule has 4 nitrogen and oxygen atoms in total. The lowest BCUT2D eigenvalue weighted by Crippen LogP contribution is -2.18. The minimum absolute atomic E-state index is 0.581. The third-order valence-electron chi connectivity index (χ3n) is 2.39. The molecule has 2 N–H and O–H groups in total. The molecular weight excluding hydrogens is 270 g/mol. The summed E-state index contributed by atoms with van der Waals surface area (Å²) in [5.41, 5.74) is 7.45. The number of ether oxygens (including phenoxy) is 1. The van der Waals surface area contributed by atoms with Crippen LogP contribution in [-0.4, -0.2) is 18.7 Å². The van der Waals surface area contributed by atoms with Crippen molar-refractivity contribution in [1.82, 2.24) is 0 Å². The number of benzene rings is 1. The molecule has 0 aliphatic carbocycles. The molecule has 2 rings (SSSR count). The Bertz CT molecular complexity index is 468. The van der Waals surface area contributed by atoms with Crippen LogP contribution in [0.2, 0.25) is 0 Å². The van der Waals surface area contributed by atoms with Crippen molar-refractivity contribution in [3.63, 3.8) is 0 Å². The maximum atomic E-state index is 5.58. The highest BCUT2D eigenvalue weighted by atomic mass is 79.9. The van der Waals surface area contributed by atoms with Gasteiger partial charge in [0.1, 0.15) is 11.6 Å². The Kier molecular flexibility index (Phi) is 3.24. The average Bonchev–Trinajstić information content (AvgIpc) is 2.30. The van der Waals surface area contributed by atoms with E-state index in [4.69, 9.17) is 10.5 Å². The summed E-state index contributed by atoms with van der Waals surface area (Å²) in [6, 6.07) is 5.82. The lowest BCUT2D eigenvalue weighted by atomic mass is 10.0. The van der Waals surface area contributed by atoms with Crippen LogP contribution in [0.4, 0.5) is 0 Å². The first kappa shape index (κ1) is 11.1. The predicted molar refractivity (Wildman–Crippen MR) is 68.1 cm³/mol. The van der Waals surface area contributed by atoms with Crippen molar-refractivity contribution in [3.8, 4) is 5.75 Å². The SMILES string of the molecule is COc1ccc(Br)cc1C1=NN=C(N)CC1. The van der Waals surface area contributed by atoms with Gasteiger partial charge in [0.05, 0.1) is 12.8 Å². The second kappa shape index (κ2) is 4.65. The van der Waals surface area contributed by atoms with E-state index in [1.165, 1.54) is 0 Å². The maximum Gasteiger partial charge on any atom is 0.128 e. The van der Waals surface area contributed by atoms with Crippen LogP contribution in [0.15, 0.2) is 32.9 Å². The fraction of sp³-hybridized carbons (Fsp3) is 0.273. The van der Waals surface area contributed by atoms with Crippen LogP contribution in [0.1, 0.15) is 18.4 Å². The first-order chi connectivity index (χ1) is 7.70. The normalized spacial score (nSPS) is 15.4. The van der Waals surface area contributed by atoms with Crippen LogP contribution in [0.3, 0.4) is 0 Å². The van der Waals surface area contributed by atoms with Gasteiger partial charge in [-0.05, 0) is 24.6 Å². The molecule has 1 aliphatic heterocycles. The minimum Gasteiger partial charge on any atom is -0.496 e. The van der Waals surface area contributed by atoms with E-state index in [0.29, 0.717) is 5.84 Å². The Morgan fingerprint density at radius 2 is 2.12 bits per heavy atom. The quantitative estimate of drug-likeness (QED) is 0.904. The maximum absolute atomic E-state index is 5.58. The molecule has 0 spiro atoms. The van der Waals surface area contributed by atoms with E-state index in [9.17, 15) is 0 Å². The van der Waals surface area contributed by atoms with E-state index in [1.807, 2.05) is 18.2 Å². The highest BCUT2D eigenvalue weighted by Gasteiger charge is 2.14. The van der Waals surface area contributed by atoms with Crippen LogP contribution < -0.4 is 10.5 Å². The first-order valence-electron chi connectivity index (χ1n) is 4.93. The molecule has 0 atom stereocenters. The average molecular weight is 282 g/mol. The highest BCUT2D eigenvalue weighted by molar-refractivity contribution is 9.10. The summed E-state index contributed by atoms with van der Waals surface area (Å²) in [6.45, 7) is 0. The molecule has 1 aromatic carbocycles. The molecule has 0 unspecified atom stereocenters. The summed E-state index contributed by atoms with van der Waals surface area (Å²) in [7, 11) is 1.65. The number of nitrogens with two attached hydrogens (primary N) is 1.